The summed E-state index contributed by atoms with van der Waals surface area (Å²) in [7, 11) is 0. The minimum absolute atomic E-state index is 0.287. The number of benzene rings is 1. The first-order valence-electron chi connectivity index (χ1n) is 4.88. The molecule has 14 heavy (non-hydrogen) atoms. The molecule has 1 saturated carbocycles. The quantitative estimate of drug-likeness (QED) is 0.302. The van der Waals surface area contributed by atoms with Crippen molar-refractivity contribution in [3.8, 4) is 0 Å². The molecule has 0 radical (unpaired) electrons. The van der Waals surface area contributed by atoms with Crippen LogP contribution in [0.1, 0.15) is 17.0 Å². The van der Waals surface area contributed by atoms with Crippen molar-refractivity contribution in [2.24, 2.45) is 22.7 Å². The summed E-state index contributed by atoms with van der Waals surface area (Å²) in [5.41, 5.74) is 8.46. The smallest absolute Gasteiger partial charge is 0.143 e. The third kappa shape index (κ3) is 0.842. The van der Waals surface area contributed by atoms with Crippen LogP contribution in [0.25, 0.3) is 0 Å². The van der Waals surface area contributed by atoms with Crippen LogP contribution < -0.4 is 5.73 Å². The Hall–Kier alpha value is -1.51. The van der Waals surface area contributed by atoms with Gasteiger partial charge in [-0.2, -0.15) is 0 Å². The number of nitrogens with zero attached hydrogens (tertiary/aromatic N) is 1. The Balaban J connectivity index is 1.94. The normalized spacial score (nSPS) is 33.7. The Morgan fingerprint density at radius 2 is 2.21 bits per heavy atom. The third-order valence-electron chi connectivity index (χ3n) is 3.50. The third-order valence-corrected chi connectivity index (χ3v) is 3.50. The first-order chi connectivity index (χ1) is 6.83. The van der Waals surface area contributed by atoms with Crippen molar-refractivity contribution in [2.45, 2.75) is 12.3 Å². The summed E-state index contributed by atoms with van der Waals surface area (Å²) in [6.07, 6.45) is 1.09. The zero-order valence-corrected chi connectivity index (χ0v) is 7.72. The van der Waals surface area contributed by atoms with Gasteiger partial charge in [0.05, 0.1) is 0 Å². The van der Waals surface area contributed by atoms with Gasteiger partial charge in [0.15, 0.2) is 0 Å². The predicted octanol–water partition coefficient (Wildman–Crippen LogP) is 1.32. The zero-order valence-electron chi connectivity index (χ0n) is 7.72. The van der Waals surface area contributed by atoms with E-state index in [-0.39, 0.29) is 5.92 Å². The van der Waals surface area contributed by atoms with E-state index in [0.29, 0.717) is 17.7 Å². The molecule has 3 rings (SSSR count). The largest absolute Gasteiger partial charge is 0.409 e. The Labute approximate surface area is 82.2 Å². The highest BCUT2D eigenvalue weighted by atomic mass is 16.4. The Kier molecular flexibility index (Phi) is 1.40. The van der Waals surface area contributed by atoms with Gasteiger partial charge in [0.25, 0.3) is 0 Å². The van der Waals surface area contributed by atoms with Gasteiger partial charge in [-0.15, -0.1) is 0 Å². The molecule has 3 nitrogen and oxygen atoms in total. The van der Waals surface area contributed by atoms with Crippen molar-refractivity contribution in [3.63, 3.8) is 0 Å². The summed E-state index contributed by atoms with van der Waals surface area (Å²) in [5.74, 6) is 1.79. The maximum atomic E-state index is 8.61. The predicted molar refractivity (Wildman–Crippen MR) is 53.3 cm³/mol. The number of nitrogens with two attached hydrogens (primary N) is 1. The fourth-order valence-electron chi connectivity index (χ4n) is 2.82. The maximum absolute atomic E-state index is 8.61. The second-order valence-corrected chi connectivity index (χ2v) is 4.14. The van der Waals surface area contributed by atoms with Gasteiger partial charge in [0.2, 0.25) is 0 Å². The van der Waals surface area contributed by atoms with Crippen molar-refractivity contribution in [2.75, 3.05) is 0 Å². The standard InChI is InChI=1S/C11H12N2O/c12-11(13-14)10-8-5-6-3-1-2-4-7(6)9(8)10/h1-4,8-10,14H,5H2,(H2,12,13)/t8-,9+,10+/m1/s1. The van der Waals surface area contributed by atoms with Crippen LogP contribution in [-0.2, 0) is 6.42 Å². The van der Waals surface area contributed by atoms with E-state index in [9.17, 15) is 0 Å². The monoisotopic (exact) mass is 188 g/mol. The van der Waals surface area contributed by atoms with E-state index >= 15 is 0 Å². The van der Waals surface area contributed by atoms with E-state index < -0.39 is 0 Å². The van der Waals surface area contributed by atoms with Crippen molar-refractivity contribution in [1.29, 1.82) is 0 Å². The van der Waals surface area contributed by atoms with E-state index in [2.05, 4.69) is 29.4 Å². The van der Waals surface area contributed by atoms with Crippen LogP contribution in [0.4, 0.5) is 0 Å². The molecular weight excluding hydrogens is 176 g/mol. The van der Waals surface area contributed by atoms with E-state index in [1.54, 1.807) is 0 Å². The highest BCUT2D eigenvalue weighted by molar-refractivity contribution is 5.87. The molecule has 0 amide bonds. The first-order valence-corrected chi connectivity index (χ1v) is 4.88. The zero-order chi connectivity index (χ0) is 9.71. The number of amidine groups is 1. The molecule has 2 aliphatic rings. The summed E-state index contributed by atoms with van der Waals surface area (Å²) in [6, 6.07) is 8.46. The number of hydrogen-bond donors (Lipinski definition) is 2. The summed E-state index contributed by atoms with van der Waals surface area (Å²) in [5, 5.41) is 11.7. The fraction of sp³-hybridized carbons (Fsp3) is 0.364. The minimum Gasteiger partial charge on any atom is -0.409 e. The molecule has 0 unspecified atom stereocenters. The lowest BCUT2D eigenvalue weighted by molar-refractivity contribution is 0.316. The van der Waals surface area contributed by atoms with Gasteiger partial charge in [0, 0.05) is 5.92 Å². The van der Waals surface area contributed by atoms with Crippen molar-refractivity contribution < 1.29 is 5.21 Å². The molecule has 72 valence electrons. The maximum Gasteiger partial charge on any atom is 0.143 e. The summed E-state index contributed by atoms with van der Waals surface area (Å²) >= 11 is 0. The van der Waals surface area contributed by atoms with Crippen LogP contribution >= 0.6 is 0 Å². The average Bonchev–Trinajstić information content (AvgIpc) is 2.81. The first kappa shape index (κ1) is 7.85. The molecule has 2 aliphatic carbocycles. The van der Waals surface area contributed by atoms with Gasteiger partial charge in [-0.3, -0.25) is 0 Å². The SMILES string of the molecule is N/C(=N/O)[C@H]1[C@@H]2Cc3ccccc3[C@@H]21. The van der Waals surface area contributed by atoms with Crippen LogP contribution in [0, 0.1) is 11.8 Å². The molecule has 0 spiro atoms. The Morgan fingerprint density at radius 1 is 1.43 bits per heavy atom. The van der Waals surface area contributed by atoms with Crippen LogP contribution in [0.3, 0.4) is 0 Å². The van der Waals surface area contributed by atoms with Crippen molar-refractivity contribution in [3.05, 3.63) is 35.4 Å². The van der Waals surface area contributed by atoms with Gasteiger partial charge < -0.3 is 10.9 Å². The molecule has 0 saturated heterocycles. The Morgan fingerprint density at radius 3 is 3.00 bits per heavy atom. The molecule has 0 heterocycles. The molecule has 3 heteroatoms. The van der Waals surface area contributed by atoms with Crippen LogP contribution in [0.15, 0.2) is 29.4 Å². The number of rotatable bonds is 1. The van der Waals surface area contributed by atoms with Crippen LogP contribution in [0.2, 0.25) is 0 Å². The topological polar surface area (TPSA) is 58.6 Å². The molecule has 3 N–H and O–H groups in total. The molecule has 0 aliphatic heterocycles. The second-order valence-electron chi connectivity index (χ2n) is 4.14. The lowest BCUT2D eigenvalue weighted by atomic mass is 10.0. The van der Waals surface area contributed by atoms with Gasteiger partial charge in [-0.25, -0.2) is 0 Å². The summed E-state index contributed by atoms with van der Waals surface area (Å²) in [4.78, 5) is 0. The number of fused-ring (bicyclic) bond motifs is 3. The summed E-state index contributed by atoms with van der Waals surface area (Å²) in [6.45, 7) is 0. The van der Waals surface area contributed by atoms with E-state index in [1.165, 1.54) is 11.1 Å². The average molecular weight is 188 g/mol. The fourth-order valence-corrected chi connectivity index (χ4v) is 2.82. The molecule has 1 aromatic carbocycles. The lowest BCUT2D eigenvalue weighted by Crippen LogP contribution is -2.17. The van der Waals surface area contributed by atoms with Gasteiger partial charge in [-0.1, -0.05) is 29.4 Å². The number of oxime groups is 1. The molecular formula is C11H12N2O. The molecule has 1 fully saturated rings. The summed E-state index contributed by atoms with van der Waals surface area (Å²) < 4.78 is 0. The van der Waals surface area contributed by atoms with Crippen molar-refractivity contribution in [1.82, 2.24) is 0 Å². The van der Waals surface area contributed by atoms with Gasteiger partial charge >= 0.3 is 0 Å². The minimum atomic E-state index is 0.287. The van der Waals surface area contributed by atoms with Crippen molar-refractivity contribution >= 4 is 5.84 Å². The van der Waals surface area contributed by atoms with Crippen LogP contribution in [-0.4, -0.2) is 11.0 Å². The highest BCUT2D eigenvalue weighted by Gasteiger charge is 2.57. The molecule has 0 aromatic heterocycles. The van der Waals surface area contributed by atoms with E-state index in [4.69, 9.17) is 10.9 Å². The molecule has 0 bridgehead atoms. The number of hydrogen-bond acceptors (Lipinski definition) is 2. The molecule has 1 aromatic rings. The van der Waals surface area contributed by atoms with E-state index in [1.807, 2.05) is 0 Å². The lowest BCUT2D eigenvalue weighted by Gasteiger charge is -2.05. The Bertz CT molecular complexity index is 414. The second kappa shape index (κ2) is 2.50. The van der Waals surface area contributed by atoms with E-state index in [0.717, 1.165) is 6.42 Å². The van der Waals surface area contributed by atoms with Crippen LogP contribution in [0.5, 0.6) is 0 Å². The van der Waals surface area contributed by atoms with Gasteiger partial charge in [-0.05, 0) is 29.4 Å². The molecule has 3 atom stereocenters. The van der Waals surface area contributed by atoms with Gasteiger partial charge in [0.1, 0.15) is 5.84 Å². The highest BCUT2D eigenvalue weighted by Crippen LogP contribution is 2.61.